The quantitative estimate of drug-likeness (QED) is 0.772. The van der Waals surface area contributed by atoms with Crippen LogP contribution in [0.5, 0.6) is 5.75 Å². The Labute approximate surface area is 138 Å². The molecule has 23 heavy (non-hydrogen) atoms. The van der Waals surface area contributed by atoms with E-state index in [4.69, 9.17) is 9.47 Å². The molecule has 3 rings (SSSR count). The van der Waals surface area contributed by atoms with Gasteiger partial charge in [-0.2, -0.15) is 0 Å². The van der Waals surface area contributed by atoms with Gasteiger partial charge in [-0.3, -0.25) is 4.79 Å². The summed E-state index contributed by atoms with van der Waals surface area (Å²) in [5.74, 6) is 1.13. The average Bonchev–Trinajstić information content (AvgIpc) is 2.81. The normalized spacial score (nSPS) is 33.0. The Kier molecular flexibility index (Phi) is 3.78. The molecular weight excluding hydrogens is 288 g/mol. The Balaban J connectivity index is 2.01. The van der Waals surface area contributed by atoms with Gasteiger partial charge < -0.3 is 9.47 Å². The first-order valence-corrected chi connectivity index (χ1v) is 8.32. The molecule has 0 saturated heterocycles. The summed E-state index contributed by atoms with van der Waals surface area (Å²) < 4.78 is 11.0. The van der Waals surface area contributed by atoms with Crippen LogP contribution in [-0.4, -0.2) is 19.2 Å². The van der Waals surface area contributed by atoms with Crippen molar-refractivity contribution in [2.24, 2.45) is 16.7 Å². The molecule has 2 fully saturated rings. The minimum absolute atomic E-state index is 0.0155. The van der Waals surface area contributed by atoms with Crippen molar-refractivity contribution in [2.75, 3.05) is 7.11 Å². The van der Waals surface area contributed by atoms with Crippen LogP contribution < -0.4 is 4.74 Å². The molecule has 2 aliphatic carbocycles. The van der Waals surface area contributed by atoms with Crippen LogP contribution >= 0.6 is 0 Å². The molecule has 0 amide bonds. The van der Waals surface area contributed by atoms with Crippen LogP contribution in [0.4, 0.5) is 0 Å². The Bertz CT molecular complexity index is 641. The van der Waals surface area contributed by atoms with Crippen molar-refractivity contribution in [2.45, 2.75) is 46.6 Å². The van der Waals surface area contributed by atoms with Gasteiger partial charge in [0.1, 0.15) is 11.9 Å². The lowest BCUT2D eigenvalue weighted by Crippen LogP contribution is -2.38. The first-order chi connectivity index (χ1) is 10.8. The van der Waals surface area contributed by atoms with Gasteiger partial charge in [-0.25, -0.2) is 0 Å². The van der Waals surface area contributed by atoms with Crippen molar-refractivity contribution in [1.29, 1.82) is 0 Å². The van der Waals surface area contributed by atoms with E-state index in [2.05, 4.69) is 39.0 Å². The molecule has 0 radical (unpaired) electrons. The van der Waals surface area contributed by atoms with Crippen LogP contribution in [0.1, 0.15) is 46.1 Å². The van der Waals surface area contributed by atoms with Gasteiger partial charge in [-0.05, 0) is 47.4 Å². The zero-order valence-electron chi connectivity index (χ0n) is 14.7. The molecule has 3 heteroatoms. The third-order valence-corrected chi connectivity index (χ3v) is 6.31. The summed E-state index contributed by atoms with van der Waals surface area (Å²) in [5.41, 5.74) is 2.56. The Morgan fingerprint density at radius 2 is 1.87 bits per heavy atom. The molecule has 0 spiro atoms. The SMILES string of the molecule is COc1ccc(/C=C2\[C@@H]3CC[C@](C)([C@H]2OC(C)=O)C3(C)C)cc1. The second kappa shape index (κ2) is 5.40. The largest absolute Gasteiger partial charge is 0.497 e. The van der Waals surface area contributed by atoms with E-state index in [1.165, 1.54) is 18.9 Å². The summed E-state index contributed by atoms with van der Waals surface area (Å²) in [5, 5.41) is 0. The fraction of sp³-hybridized carbons (Fsp3) is 0.550. The van der Waals surface area contributed by atoms with Crippen molar-refractivity contribution in [3.05, 3.63) is 35.4 Å². The van der Waals surface area contributed by atoms with Crippen LogP contribution in [0.3, 0.4) is 0 Å². The van der Waals surface area contributed by atoms with Crippen LogP contribution in [-0.2, 0) is 9.53 Å². The zero-order chi connectivity index (χ0) is 16.8. The highest BCUT2D eigenvalue weighted by Crippen LogP contribution is 2.68. The minimum Gasteiger partial charge on any atom is -0.497 e. The lowest BCUT2D eigenvalue weighted by molar-refractivity contribution is -0.151. The van der Waals surface area contributed by atoms with Gasteiger partial charge in [0, 0.05) is 12.3 Å². The van der Waals surface area contributed by atoms with Crippen molar-refractivity contribution in [3.8, 4) is 5.75 Å². The fourth-order valence-corrected chi connectivity index (χ4v) is 4.56. The molecule has 0 unspecified atom stereocenters. The van der Waals surface area contributed by atoms with E-state index < -0.39 is 0 Å². The summed E-state index contributed by atoms with van der Waals surface area (Å²) in [7, 11) is 1.67. The summed E-state index contributed by atoms with van der Waals surface area (Å²) in [4.78, 5) is 11.6. The van der Waals surface area contributed by atoms with E-state index in [0.717, 1.165) is 17.7 Å². The van der Waals surface area contributed by atoms with Crippen molar-refractivity contribution >= 4 is 12.0 Å². The number of hydrogen-bond donors (Lipinski definition) is 0. The molecule has 2 bridgehead atoms. The number of benzene rings is 1. The van der Waals surface area contributed by atoms with E-state index in [9.17, 15) is 4.79 Å². The Hall–Kier alpha value is -1.77. The van der Waals surface area contributed by atoms with E-state index in [1.807, 2.05) is 12.1 Å². The number of methoxy groups -OCH3 is 1. The maximum atomic E-state index is 11.6. The minimum atomic E-state index is -0.194. The molecule has 0 aliphatic heterocycles. The summed E-state index contributed by atoms with van der Waals surface area (Å²) in [6, 6.07) is 8.04. The van der Waals surface area contributed by atoms with E-state index in [1.54, 1.807) is 7.11 Å². The first kappa shape index (κ1) is 16.1. The number of esters is 1. The van der Waals surface area contributed by atoms with Crippen molar-refractivity contribution < 1.29 is 14.3 Å². The van der Waals surface area contributed by atoms with Crippen molar-refractivity contribution in [1.82, 2.24) is 0 Å². The molecule has 1 aromatic carbocycles. The predicted molar refractivity (Wildman–Crippen MR) is 91.1 cm³/mol. The predicted octanol–water partition coefficient (Wildman–Crippen LogP) is 4.47. The summed E-state index contributed by atoms with van der Waals surface area (Å²) in [6.45, 7) is 8.41. The smallest absolute Gasteiger partial charge is 0.303 e. The van der Waals surface area contributed by atoms with E-state index >= 15 is 0 Å². The van der Waals surface area contributed by atoms with Gasteiger partial charge in [-0.1, -0.05) is 39.0 Å². The second-order valence-electron chi connectivity index (χ2n) is 7.64. The maximum Gasteiger partial charge on any atom is 0.303 e. The molecule has 124 valence electrons. The van der Waals surface area contributed by atoms with Gasteiger partial charge in [-0.15, -0.1) is 0 Å². The van der Waals surface area contributed by atoms with Crippen LogP contribution in [0.2, 0.25) is 0 Å². The number of rotatable bonds is 3. The van der Waals surface area contributed by atoms with Gasteiger partial charge in [0.15, 0.2) is 0 Å². The Morgan fingerprint density at radius 1 is 1.22 bits per heavy atom. The Morgan fingerprint density at radius 3 is 2.43 bits per heavy atom. The van der Waals surface area contributed by atoms with Gasteiger partial charge >= 0.3 is 5.97 Å². The zero-order valence-corrected chi connectivity index (χ0v) is 14.7. The highest BCUT2D eigenvalue weighted by Gasteiger charge is 2.65. The van der Waals surface area contributed by atoms with Gasteiger partial charge in [0.25, 0.3) is 0 Å². The number of carbonyl (C=O) groups excluding carboxylic acids is 1. The number of ether oxygens (including phenoxy) is 2. The monoisotopic (exact) mass is 314 g/mol. The maximum absolute atomic E-state index is 11.6. The molecule has 3 nitrogen and oxygen atoms in total. The summed E-state index contributed by atoms with van der Waals surface area (Å²) in [6.07, 6.45) is 4.38. The van der Waals surface area contributed by atoms with Crippen LogP contribution in [0.15, 0.2) is 29.8 Å². The number of hydrogen-bond acceptors (Lipinski definition) is 3. The second-order valence-corrected chi connectivity index (χ2v) is 7.64. The molecular formula is C20H26O3. The third-order valence-electron chi connectivity index (χ3n) is 6.31. The van der Waals surface area contributed by atoms with Gasteiger partial charge in [0.05, 0.1) is 7.11 Å². The molecule has 2 saturated carbocycles. The van der Waals surface area contributed by atoms with Crippen LogP contribution in [0, 0.1) is 16.7 Å². The topological polar surface area (TPSA) is 35.5 Å². The highest BCUT2D eigenvalue weighted by atomic mass is 16.5. The molecule has 1 aromatic rings. The fourth-order valence-electron chi connectivity index (χ4n) is 4.56. The molecule has 3 atom stereocenters. The molecule has 0 N–H and O–H groups in total. The lowest BCUT2D eigenvalue weighted by atomic mass is 9.70. The third kappa shape index (κ3) is 2.37. The number of fused-ring (bicyclic) bond motifs is 2. The average molecular weight is 314 g/mol. The molecule has 0 heterocycles. The first-order valence-electron chi connectivity index (χ1n) is 8.32. The molecule has 2 aliphatic rings. The number of carbonyl (C=O) groups is 1. The van der Waals surface area contributed by atoms with Gasteiger partial charge in [0.2, 0.25) is 0 Å². The standard InChI is InChI=1S/C20H26O3/c1-13(21)23-18-16(12-14-6-8-15(22-5)9-7-14)17-10-11-20(18,4)19(17,2)3/h6-9,12,17-18H,10-11H2,1-5H3/b16-12+/t17-,18-,20+/m0/s1. The van der Waals surface area contributed by atoms with Crippen molar-refractivity contribution in [3.63, 3.8) is 0 Å². The van der Waals surface area contributed by atoms with Crippen LogP contribution in [0.25, 0.3) is 6.08 Å². The highest BCUT2D eigenvalue weighted by molar-refractivity contribution is 5.68. The summed E-state index contributed by atoms with van der Waals surface area (Å²) >= 11 is 0. The molecule has 0 aromatic heterocycles. The van der Waals surface area contributed by atoms with E-state index in [0.29, 0.717) is 5.92 Å². The van der Waals surface area contributed by atoms with E-state index in [-0.39, 0.29) is 22.9 Å². The lowest BCUT2D eigenvalue weighted by Gasteiger charge is -2.38.